The highest BCUT2D eigenvalue weighted by Crippen LogP contribution is 2.14. The molecule has 0 aliphatic heterocycles. The van der Waals surface area contributed by atoms with Crippen LogP contribution in [0.5, 0.6) is 0 Å². The normalized spacial score (nSPS) is 12.0. The van der Waals surface area contributed by atoms with Crippen LogP contribution in [0.25, 0.3) is 6.08 Å². The Morgan fingerprint density at radius 1 is 1.62 bits per heavy atom. The van der Waals surface area contributed by atoms with Crippen LogP contribution in [0.15, 0.2) is 44.2 Å². The third kappa shape index (κ3) is 4.16. The molecule has 0 aromatic carbocycles. The van der Waals surface area contributed by atoms with Crippen LogP contribution in [0.1, 0.15) is 30.1 Å². The molecular formula is C14H15BrN4O2. The number of furan rings is 1. The molecule has 0 fully saturated rings. The Labute approximate surface area is 130 Å². The number of nitrogens with zero attached hydrogens (tertiary/aromatic N) is 3. The van der Waals surface area contributed by atoms with E-state index < -0.39 is 0 Å². The Kier molecular flexibility index (Phi) is 5.10. The molecule has 2 rings (SSSR count). The van der Waals surface area contributed by atoms with Crippen LogP contribution < -0.4 is 5.43 Å². The molecule has 0 unspecified atom stereocenters. The molecule has 110 valence electrons. The third-order valence-corrected chi connectivity index (χ3v) is 3.18. The zero-order valence-corrected chi connectivity index (χ0v) is 13.3. The topological polar surface area (TPSA) is 72.4 Å². The van der Waals surface area contributed by atoms with Crippen molar-refractivity contribution in [3.8, 4) is 0 Å². The summed E-state index contributed by atoms with van der Waals surface area (Å²) in [4.78, 5) is 11.9. The minimum absolute atomic E-state index is 0.307. The van der Waals surface area contributed by atoms with Crippen molar-refractivity contribution in [2.45, 2.75) is 20.4 Å². The number of allylic oxidation sites excluding steroid dienone is 1. The van der Waals surface area contributed by atoms with Gasteiger partial charge in [-0.2, -0.15) is 10.2 Å². The van der Waals surface area contributed by atoms with Gasteiger partial charge in [-0.3, -0.25) is 9.48 Å². The van der Waals surface area contributed by atoms with Crippen molar-refractivity contribution in [3.63, 3.8) is 0 Å². The Morgan fingerprint density at radius 3 is 3.05 bits per heavy atom. The lowest BCUT2D eigenvalue weighted by Gasteiger charge is -1.96. The molecule has 0 aliphatic carbocycles. The van der Waals surface area contributed by atoms with Crippen molar-refractivity contribution in [1.29, 1.82) is 0 Å². The summed E-state index contributed by atoms with van der Waals surface area (Å²) in [7, 11) is 0. The molecule has 0 saturated heterocycles. The number of halogens is 1. The van der Waals surface area contributed by atoms with Crippen LogP contribution in [-0.2, 0) is 6.54 Å². The summed E-state index contributed by atoms with van der Waals surface area (Å²) in [5, 5.41) is 8.04. The van der Waals surface area contributed by atoms with Crippen LogP contribution in [0.2, 0.25) is 0 Å². The summed E-state index contributed by atoms with van der Waals surface area (Å²) in [6.45, 7) is 4.50. The van der Waals surface area contributed by atoms with E-state index in [2.05, 4.69) is 31.6 Å². The first-order chi connectivity index (χ1) is 10.1. The monoisotopic (exact) mass is 350 g/mol. The van der Waals surface area contributed by atoms with E-state index >= 15 is 0 Å². The number of aromatic nitrogens is 2. The van der Waals surface area contributed by atoms with E-state index in [-0.39, 0.29) is 5.91 Å². The summed E-state index contributed by atoms with van der Waals surface area (Å²) in [6.07, 6.45) is 6.71. The van der Waals surface area contributed by atoms with Crippen LogP contribution >= 0.6 is 15.9 Å². The summed E-state index contributed by atoms with van der Waals surface area (Å²) in [5.74, 6) is 0.367. The molecule has 0 spiro atoms. The van der Waals surface area contributed by atoms with Gasteiger partial charge in [-0.05, 0) is 53.6 Å². The quantitative estimate of drug-likeness (QED) is 0.665. The van der Waals surface area contributed by atoms with Crippen molar-refractivity contribution in [2.24, 2.45) is 5.10 Å². The van der Waals surface area contributed by atoms with Crippen LogP contribution in [-0.4, -0.2) is 21.9 Å². The number of hydrogen-bond acceptors (Lipinski definition) is 4. The maximum atomic E-state index is 11.9. The van der Waals surface area contributed by atoms with Crippen molar-refractivity contribution < 1.29 is 9.21 Å². The Hall–Kier alpha value is -2.15. The van der Waals surface area contributed by atoms with Crippen LogP contribution in [0.3, 0.4) is 0 Å². The fraction of sp³-hybridized carbons (Fsp3) is 0.214. The van der Waals surface area contributed by atoms with Gasteiger partial charge in [0, 0.05) is 12.7 Å². The predicted molar refractivity (Wildman–Crippen MR) is 83.9 cm³/mol. The SMILES string of the molecule is CCn1cc(Br)c(C(=O)N/N=C/C(C)=C/c2ccco2)n1. The summed E-state index contributed by atoms with van der Waals surface area (Å²) < 4.78 is 7.50. The van der Waals surface area contributed by atoms with E-state index in [1.807, 2.05) is 26.0 Å². The van der Waals surface area contributed by atoms with Gasteiger partial charge >= 0.3 is 0 Å². The van der Waals surface area contributed by atoms with Gasteiger partial charge in [0.05, 0.1) is 17.0 Å². The number of carbonyl (C=O) groups is 1. The second-order valence-electron chi connectivity index (χ2n) is 4.28. The average molecular weight is 351 g/mol. The fourth-order valence-corrected chi connectivity index (χ4v) is 2.09. The molecule has 0 aliphatic rings. The van der Waals surface area contributed by atoms with Crippen LogP contribution in [0, 0.1) is 0 Å². The number of carbonyl (C=O) groups excluding carboxylic acids is 1. The number of amides is 1. The number of hydrogen-bond donors (Lipinski definition) is 1. The average Bonchev–Trinajstić information content (AvgIpc) is 3.07. The zero-order chi connectivity index (χ0) is 15.2. The van der Waals surface area contributed by atoms with E-state index in [9.17, 15) is 4.79 Å². The molecule has 0 radical (unpaired) electrons. The number of hydrazone groups is 1. The molecule has 0 atom stereocenters. The Morgan fingerprint density at radius 2 is 2.43 bits per heavy atom. The van der Waals surface area contributed by atoms with Gasteiger partial charge < -0.3 is 4.42 Å². The fourth-order valence-electron chi connectivity index (χ4n) is 1.59. The van der Waals surface area contributed by atoms with E-state index in [4.69, 9.17) is 4.42 Å². The maximum Gasteiger partial charge on any atom is 0.293 e. The highest BCUT2D eigenvalue weighted by atomic mass is 79.9. The summed E-state index contributed by atoms with van der Waals surface area (Å²) in [5.41, 5.74) is 3.60. The lowest BCUT2D eigenvalue weighted by atomic mass is 10.3. The van der Waals surface area contributed by atoms with E-state index in [1.165, 1.54) is 0 Å². The van der Waals surface area contributed by atoms with E-state index in [1.54, 1.807) is 29.4 Å². The summed E-state index contributed by atoms with van der Waals surface area (Å²) in [6, 6.07) is 3.64. The largest absolute Gasteiger partial charge is 0.465 e. The number of nitrogens with one attached hydrogen (secondary N) is 1. The van der Waals surface area contributed by atoms with Gasteiger partial charge in [-0.15, -0.1) is 0 Å². The minimum atomic E-state index is -0.365. The molecule has 7 heteroatoms. The minimum Gasteiger partial charge on any atom is -0.465 e. The van der Waals surface area contributed by atoms with Crippen molar-refractivity contribution in [2.75, 3.05) is 0 Å². The zero-order valence-electron chi connectivity index (χ0n) is 11.7. The van der Waals surface area contributed by atoms with Gasteiger partial charge in [0.1, 0.15) is 5.76 Å². The van der Waals surface area contributed by atoms with Crippen molar-refractivity contribution in [1.82, 2.24) is 15.2 Å². The Balaban J connectivity index is 1.97. The van der Waals surface area contributed by atoms with Gasteiger partial charge in [-0.25, -0.2) is 5.43 Å². The summed E-state index contributed by atoms with van der Waals surface area (Å²) >= 11 is 3.30. The smallest absolute Gasteiger partial charge is 0.293 e. The Bertz CT molecular complexity index is 671. The van der Waals surface area contributed by atoms with Crippen LogP contribution in [0.4, 0.5) is 0 Å². The van der Waals surface area contributed by atoms with E-state index in [0.29, 0.717) is 16.7 Å². The van der Waals surface area contributed by atoms with E-state index in [0.717, 1.165) is 11.3 Å². The van der Waals surface area contributed by atoms with Crippen molar-refractivity contribution >= 4 is 34.1 Å². The second kappa shape index (κ2) is 7.03. The number of aryl methyl sites for hydroxylation is 1. The molecular weight excluding hydrogens is 336 g/mol. The third-order valence-electron chi connectivity index (χ3n) is 2.60. The second-order valence-corrected chi connectivity index (χ2v) is 5.14. The molecule has 1 amide bonds. The standard InChI is InChI=1S/C14H15BrN4O2/c1-3-19-9-12(15)13(18-19)14(20)17-16-8-10(2)7-11-5-4-6-21-11/h4-9H,3H2,1-2H3,(H,17,20)/b10-7+,16-8+. The molecule has 0 saturated carbocycles. The molecule has 1 N–H and O–H groups in total. The molecule has 21 heavy (non-hydrogen) atoms. The van der Waals surface area contributed by atoms with Gasteiger partial charge in [0.15, 0.2) is 5.69 Å². The van der Waals surface area contributed by atoms with Gasteiger partial charge in [0.25, 0.3) is 5.91 Å². The molecule has 0 bridgehead atoms. The number of rotatable bonds is 5. The molecule has 2 heterocycles. The first-order valence-corrected chi connectivity index (χ1v) is 7.17. The van der Waals surface area contributed by atoms with Gasteiger partial charge in [-0.1, -0.05) is 0 Å². The lowest BCUT2D eigenvalue weighted by molar-refractivity contribution is 0.0948. The highest BCUT2D eigenvalue weighted by molar-refractivity contribution is 9.10. The first kappa shape index (κ1) is 15.2. The lowest BCUT2D eigenvalue weighted by Crippen LogP contribution is -2.19. The van der Waals surface area contributed by atoms with Crippen molar-refractivity contribution in [3.05, 3.63) is 46.1 Å². The van der Waals surface area contributed by atoms with Gasteiger partial charge in [0.2, 0.25) is 0 Å². The highest BCUT2D eigenvalue weighted by Gasteiger charge is 2.13. The maximum absolute atomic E-state index is 11.9. The molecule has 6 nitrogen and oxygen atoms in total. The first-order valence-electron chi connectivity index (χ1n) is 6.38. The predicted octanol–water partition coefficient (Wildman–Crippen LogP) is 3.08. The molecule has 2 aromatic heterocycles. The molecule has 2 aromatic rings.